The molecule has 26 heavy (non-hydrogen) atoms. The second-order valence-electron chi connectivity index (χ2n) is 5.61. The molecule has 2 aromatic carbocycles. The van der Waals surface area contributed by atoms with Crippen LogP contribution in [0.1, 0.15) is 12.5 Å². The normalized spacial score (nSPS) is 12.4. The molecule has 0 radical (unpaired) electrons. The maximum absolute atomic E-state index is 12.0. The van der Waals surface area contributed by atoms with Crippen molar-refractivity contribution in [1.82, 2.24) is 0 Å². The van der Waals surface area contributed by atoms with Gasteiger partial charge in [-0.25, -0.2) is 13.6 Å². The highest BCUT2D eigenvalue weighted by molar-refractivity contribution is 8.00. The van der Waals surface area contributed by atoms with Crippen LogP contribution in [0.2, 0.25) is 0 Å². The zero-order valence-corrected chi connectivity index (χ0v) is 16.2. The van der Waals surface area contributed by atoms with Crippen LogP contribution in [-0.2, 0) is 19.6 Å². The first-order valence-electron chi connectivity index (χ1n) is 7.91. The first kappa shape index (κ1) is 20.3. The number of ether oxygens (including phenoxy) is 2. The Kier molecular flexibility index (Phi) is 7.07. The summed E-state index contributed by atoms with van der Waals surface area (Å²) in [5.74, 6) is 0.152. The monoisotopic (exact) mass is 395 g/mol. The minimum atomic E-state index is -3.72. The van der Waals surface area contributed by atoms with Gasteiger partial charge in [0, 0.05) is 4.90 Å². The first-order chi connectivity index (χ1) is 12.3. The number of sulfonamides is 1. The van der Waals surface area contributed by atoms with Gasteiger partial charge in [-0.05, 0) is 50.2 Å². The van der Waals surface area contributed by atoms with Gasteiger partial charge >= 0.3 is 5.97 Å². The van der Waals surface area contributed by atoms with E-state index in [4.69, 9.17) is 14.6 Å². The fourth-order valence-electron chi connectivity index (χ4n) is 2.01. The van der Waals surface area contributed by atoms with E-state index in [1.807, 2.05) is 31.2 Å². The molecular formula is C18H21NO5S2. The van der Waals surface area contributed by atoms with Crippen LogP contribution in [0.25, 0.3) is 0 Å². The van der Waals surface area contributed by atoms with E-state index in [1.54, 1.807) is 6.92 Å². The fourth-order valence-corrected chi connectivity index (χ4v) is 3.39. The summed E-state index contributed by atoms with van der Waals surface area (Å²) >= 11 is 1.43. The van der Waals surface area contributed by atoms with Crippen molar-refractivity contribution < 1.29 is 22.7 Å². The Hall–Kier alpha value is -2.03. The molecule has 0 amide bonds. The molecule has 0 aliphatic rings. The molecule has 0 saturated carbocycles. The van der Waals surface area contributed by atoms with Gasteiger partial charge in [0.25, 0.3) is 0 Å². The van der Waals surface area contributed by atoms with Crippen molar-refractivity contribution in [2.45, 2.75) is 28.9 Å². The summed E-state index contributed by atoms with van der Waals surface area (Å²) in [7, 11) is -3.72. The molecule has 0 saturated heterocycles. The first-order valence-corrected chi connectivity index (χ1v) is 10.3. The third kappa shape index (κ3) is 6.36. The Balaban J connectivity index is 1.73. The molecule has 140 valence electrons. The number of carbonyl (C=O) groups is 1. The number of esters is 1. The number of rotatable bonds is 8. The van der Waals surface area contributed by atoms with Gasteiger partial charge in [0.2, 0.25) is 10.0 Å². The van der Waals surface area contributed by atoms with Gasteiger partial charge in [-0.15, -0.1) is 11.8 Å². The Labute approximate surface area is 157 Å². The van der Waals surface area contributed by atoms with Crippen LogP contribution in [0.5, 0.6) is 5.75 Å². The fraction of sp³-hybridized carbons (Fsp3) is 0.278. The molecule has 6 nitrogen and oxygen atoms in total. The number of hydrogen-bond donors (Lipinski definition) is 1. The molecule has 0 fully saturated rings. The summed E-state index contributed by atoms with van der Waals surface area (Å²) in [6.45, 7) is 4.07. The predicted molar refractivity (Wildman–Crippen MR) is 101 cm³/mol. The lowest BCUT2D eigenvalue weighted by atomic mass is 10.2. The van der Waals surface area contributed by atoms with Crippen molar-refractivity contribution in [2.75, 3.05) is 13.2 Å². The summed E-state index contributed by atoms with van der Waals surface area (Å²) < 4.78 is 33.0. The molecule has 8 heteroatoms. The van der Waals surface area contributed by atoms with E-state index in [0.717, 1.165) is 4.90 Å². The molecule has 0 bridgehead atoms. The van der Waals surface area contributed by atoms with Gasteiger partial charge in [0.1, 0.15) is 24.2 Å². The van der Waals surface area contributed by atoms with Crippen LogP contribution in [0.15, 0.2) is 58.3 Å². The van der Waals surface area contributed by atoms with Crippen LogP contribution in [0, 0.1) is 6.92 Å². The van der Waals surface area contributed by atoms with Gasteiger partial charge in [-0.2, -0.15) is 0 Å². The number of thioether (sulfide) groups is 1. The van der Waals surface area contributed by atoms with Crippen molar-refractivity contribution in [1.29, 1.82) is 0 Å². The largest absolute Gasteiger partial charge is 0.490 e. The molecule has 2 N–H and O–H groups in total. The quantitative estimate of drug-likeness (QED) is 0.419. The van der Waals surface area contributed by atoms with Crippen LogP contribution in [-0.4, -0.2) is 32.9 Å². The Bertz CT molecular complexity index is 833. The summed E-state index contributed by atoms with van der Waals surface area (Å²) in [6, 6.07) is 13.6. The van der Waals surface area contributed by atoms with E-state index in [2.05, 4.69) is 0 Å². The topological polar surface area (TPSA) is 95.7 Å². The van der Waals surface area contributed by atoms with Crippen LogP contribution < -0.4 is 9.88 Å². The number of benzene rings is 2. The molecule has 0 spiro atoms. The molecule has 2 rings (SSSR count). The lowest BCUT2D eigenvalue weighted by molar-refractivity contribution is -0.143. The number of nitrogens with two attached hydrogens (primary N) is 1. The van der Waals surface area contributed by atoms with Gasteiger partial charge in [0.05, 0.1) is 4.90 Å². The molecule has 2 aromatic rings. The average Bonchev–Trinajstić information content (AvgIpc) is 2.60. The van der Waals surface area contributed by atoms with Crippen molar-refractivity contribution in [3.8, 4) is 5.75 Å². The highest BCUT2D eigenvalue weighted by Crippen LogP contribution is 2.24. The van der Waals surface area contributed by atoms with E-state index in [-0.39, 0.29) is 29.3 Å². The van der Waals surface area contributed by atoms with Crippen LogP contribution in [0.3, 0.4) is 0 Å². The molecule has 1 atom stereocenters. The second-order valence-corrected chi connectivity index (χ2v) is 8.58. The van der Waals surface area contributed by atoms with Crippen molar-refractivity contribution >= 4 is 27.8 Å². The zero-order valence-electron chi connectivity index (χ0n) is 14.5. The molecule has 0 aliphatic carbocycles. The number of aryl methyl sites for hydroxylation is 1. The van der Waals surface area contributed by atoms with Gasteiger partial charge in [-0.3, -0.25) is 4.79 Å². The predicted octanol–water partition coefficient (Wildman–Crippen LogP) is 2.75. The number of hydrogen-bond acceptors (Lipinski definition) is 6. The Morgan fingerprint density at radius 1 is 1.08 bits per heavy atom. The lowest BCUT2D eigenvalue weighted by Gasteiger charge is -2.12. The average molecular weight is 396 g/mol. The highest BCUT2D eigenvalue weighted by Gasteiger charge is 2.16. The maximum atomic E-state index is 12.0. The number of primary sulfonamides is 1. The maximum Gasteiger partial charge on any atom is 0.319 e. The molecular weight excluding hydrogens is 374 g/mol. The third-order valence-electron chi connectivity index (χ3n) is 3.41. The van der Waals surface area contributed by atoms with Gasteiger partial charge in [0.15, 0.2) is 0 Å². The Morgan fingerprint density at radius 3 is 2.27 bits per heavy atom. The molecule has 0 aromatic heterocycles. The zero-order chi connectivity index (χ0) is 19.2. The third-order valence-corrected chi connectivity index (χ3v) is 5.43. The van der Waals surface area contributed by atoms with Crippen LogP contribution in [0.4, 0.5) is 0 Å². The minimum Gasteiger partial charge on any atom is -0.490 e. The standard InChI is InChI=1S/C18H21NO5S2/c1-13-3-7-16(8-4-13)25-14(2)18(20)24-12-11-23-15-5-9-17(10-6-15)26(19,21)22/h3-10,14H,11-12H2,1-2H3,(H2,19,21,22)/t14-/m0/s1. The molecule has 0 heterocycles. The summed E-state index contributed by atoms with van der Waals surface area (Å²) in [4.78, 5) is 13.0. The second kappa shape index (κ2) is 9.07. The summed E-state index contributed by atoms with van der Waals surface area (Å²) in [6.07, 6.45) is 0. The highest BCUT2D eigenvalue weighted by atomic mass is 32.2. The van der Waals surface area contributed by atoms with E-state index in [9.17, 15) is 13.2 Å². The van der Waals surface area contributed by atoms with E-state index < -0.39 is 10.0 Å². The SMILES string of the molecule is Cc1ccc(S[C@@H](C)C(=O)OCCOc2ccc(S(N)(=O)=O)cc2)cc1. The molecule has 0 unspecified atom stereocenters. The number of carbonyl (C=O) groups excluding carboxylic acids is 1. The van der Waals surface area contributed by atoms with E-state index >= 15 is 0 Å². The smallest absolute Gasteiger partial charge is 0.319 e. The lowest BCUT2D eigenvalue weighted by Crippen LogP contribution is -2.20. The minimum absolute atomic E-state index is 0.0123. The van der Waals surface area contributed by atoms with Crippen molar-refractivity contribution in [2.24, 2.45) is 5.14 Å². The molecule has 0 aliphatic heterocycles. The van der Waals surface area contributed by atoms with Crippen LogP contribution >= 0.6 is 11.8 Å². The summed E-state index contributed by atoms with van der Waals surface area (Å²) in [5, 5.41) is 4.70. The van der Waals surface area contributed by atoms with E-state index in [0.29, 0.717) is 5.75 Å². The van der Waals surface area contributed by atoms with E-state index in [1.165, 1.54) is 41.6 Å². The Morgan fingerprint density at radius 2 is 1.69 bits per heavy atom. The van der Waals surface area contributed by atoms with Crippen molar-refractivity contribution in [3.05, 3.63) is 54.1 Å². The summed E-state index contributed by atoms with van der Waals surface area (Å²) in [5.41, 5.74) is 1.17. The van der Waals surface area contributed by atoms with Crippen molar-refractivity contribution in [3.63, 3.8) is 0 Å². The van der Waals surface area contributed by atoms with Gasteiger partial charge < -0.3 is 9.47 Å². The van der Waals surface area contributed by atoms with Gasteiger partial charge in [-0.1, -0.05) is 17.7 Å².